The van der Waals surface area contributed by atoms with Gasteiger partial charge in [-0.25, -0.2) is 0 Å². The monoisotopic (exact) mass is 294 g/mol. The van der Waals surface area contributed by atoms with Crippen LogP contribution in [0.5, 0.6) is 0 Å². The maximum Gasteiger partial charge on any atom is 0.264 e. The van der Waals surface area contributed by atoms with Crippen molar-refractivity contribution in [1.29, 1.82) is 0 Å². The zero-order valence-electron chi connectivity index (χ0n) is 8.56. The van der Waals surface area contributed by atoms with Gasteiger partial charge in [0.1, 0.15) is 0 Å². The molecule has 0 saturated carbocycles. The number of hydrogen-bond acceptors (Lipinski definition) is 2. The van der Waals surface area contributed by atoms with Crippen molar-refractivity contribution in [3.8, 4) is 0 Å². The van der Waals surface area contributed by atoms with E-state index in [9.17, 15) is 8.42 Å². The van der Waals surface area contributed by atoms with Crippen LogP contribution in [-0.4, -0.2) is 18.7 Å². The molecule has 0 aliphatic carbocycles. The van der Waals surface area contributed by atoms with Crippen LogP contribution in [0.25, 0.3) is 0 Å². The molecule has 1 aromatic carbocycles. The predicted molar refractivity (Wildman–Crippen MR) is 65.5 cm³/mol. The average molecular weight is 295 g/mol. The molecule has 1 aromatic rings. The zero-order valence-corrected chi connectivity index (χ0v) is 11.0. The second-order valence-electron chi connectivity index (χ2n) is 2.94. The lowest BCUT2D eigenvalue weighted by Crippen LogP contribution is -2.02. The molecule has 0 radical (unpaired) electrons. The van der Waals surface area contributed by atoms with Crippen molar-refractivity contribution < 1.29 is 13.0 Å². The van der Waals surface area contributed by atoms with E-state index in [2.05, 4.69) is 15.9 Å². The predicted octanol–water partition coefficient (Wildman–Crippen LogP) is 3.12. The van der Waals surface area contributed by atoms with Crippen molar-refractivity contribution in [2.75, 3.05) is 5.75 Å². The third-order valence-electron chi connectivity index (χ3n) is 1.49. The smallest absolute Gasteiger partial charge is 0.264 e. The van der Waals surface area contributed by atoms with Crippen LogP contribution in [0.4, 0.5) is 0 Å². The number of hydrogen-bond donors (Lipinski definition) is 1. The highest BCUT2D eigenvalue weighted by atomic mass is 79.9. The zero-order chi connectivity index (χ0) is 11.7. The third-order valence-corrected chi connectivity index (χ3v) is 2.82. The molecule has 0 unspecified atom stereocenters. The summed E-state index contributed by atoms with van der Waals surface area (Å²) in [7, 11) is -3.69. The Morgan fingerprint density at radius 2 is 1.80 bits per heavy atom. The van der Waals surface area contributed by atoms with Gasteiger partial charge in [-0.15, -0.1) is 0 Å². The minimum atomic E-state index is -3.69. The minimum absolute atomic E-state index is 0.108. The summed E-state index contributed by atoms with van der Waals surface area (Å²) in [6.07, 6.45) is 1.33. The highest BCUT2D eigenvalue weighted by Gasteiger charge is 2.00. The molecule has 15 heavy (non-hydrogen) atoms. The van der Waals surface area contributed by atoms with E-state index < -0.39 is 10.1 Å². The summed E-state index contributed by atoms with van der Waals surface area (Å²) < 4.78 is 29.1. The van der Waals surface area contributed by atoms with E-state index in [0.29, 0.717) is 6.42 Å². The molecule has 0 fully saturated rings. The van der Waals surface area contributed by atoms with Crippen LogP contribution >= 0.6 is 15.9 Å². The first kappa shape index (κ1) is 14.6. The van der Waals surface area contributed by atoms with E-state index in [1.54, 1.807) is 0 Å². The molecule has 5 heteroatoms. The fraction of sp³-hybridized carbons (Fsp3) is 0.400. The highest BCUT2D eigenvalue weighted by Crippen LogP contribution is 2.05. The van der Waals surface area contributed by atoms with Gasteiger partial charge in [-0.05, 0) is 18.6 Å². The Bertz CT molecular complexity index is 348. The molecule has 0 spiro atoms. The van der Waals surface area contributed by atoms with Gasteiger partial charge in [0.2, 0.25) is 0 Å². The Labute approximate surface area is 99.4 Å². The van der Waals surface area contributed by atoms with Crippen LogP contribution in [0.2, 0.25) is 0 Å². The van der Waals surface area contributed by atoms with Crippen LogP contribution < -0.4 is 0 Å². The van der Waals surface area contributed by atoms with Crippen molar-refractivity contribution in [3.63, 3.8) is 0 Å². The second kappa shape index (κ2) is 7.84. The van der Waals surface area contributed by atoms with Gasteiger partial charge in [-0.3, -0.25) is 4.55 Å². The largest absolute Gasteiger partial charge is 0.286 e. The number of halogens is 1. The van der Waals surface area contributed by atoms with Gasteiger partial charge < -0.3 is 0 Å². The van der Waals surface area contributed by atoms with E-state index in [1.807, 2.05) is 37.3 Å². The number of benzene rings is 1. The molecular weight excluding hydrogens is 280 g/mol. The molecule has 1 rings (SSSR count). The lowest BCUT2D eigenvalue weighted by atomic mass is 10.4. The normalized spacial score (nSPS) is 10.3. The van der Waals surface area contributed by atoms with Gasteiger partial charge in [0.15, 0.2) is 0 Å². The standard InChI is InChI=1S/C6H5Br.C4H10O3S/c7-6-4-2-1-3-5-6;1-2-3-4-8(5,6)7/h1-5H;2-4H2,1H3,(H,5,6,7). The molecule has 3 nitrogen and oxygen atoms in total. The van der Waals surface area contributed by atoms with E-state index >= 15 is 0 Å². The highest BCUT2D eigenvalue weighted by molar-refractivity contribution is 9.10. The fourth-order valence-electron chi connectivity index (χ4n) is 0.741. The molecule has 0 saturated heterocycles. The first-order valence-corrected chi connectivity index (χ1v) is 7.01. The van der Waals surface area contributed by atoms with Crippen molar-refractivity contribution in [3.05, 3.63) is 34.8 Å². The topological polar surface area (TPSA) is 54.4 Å². The van der Waals surface area contributed by atoms with Crippen LogP contribution in [-0.2, 0) is 10.1 Å². The first-order chi connectivity index (χ1) is 6.95. The van der Waals surface area contributed by atoms with E-state index in [4.69, 9.17) is 4.55 Å². The Kier molecular flexibility index (Phi) is 7.64. The van der Waals surface area contributed by atoms with Gasteiger partial charge in [0.25, 0.3) is 10.1 Å². The Balaban J connectivity index is 0.000000262. The average Bonchev–Trinajstić information content (AvgIpc) is 2.16. The van der Waals surface area contributed by atoms with Gasteiger partial charge in [-0.2, -0.15) is 8.42 Å². The lowest BCUT2D eigenvalue weighted by molar-refractivity contribution is 0.480. The third kappa shape index (κ3) is 11.5. The molecule has 0 aromatic heterocycles. The Morgan fingerprint density at radius 1 is 1.27 bits per heavy atom. The summed E-state index contributed by atoms with van der Waals surface area (Å²) in [5, 5.41) is 0. The fourth-order valence-corrected chi connectivity index (χ4v) is 1.70. The molecule has 0 atom stereocenters. The summed E-state index contributed by atoms with van der Waals surface area (Å²) in [5.74, 6) is -0.108. The van der Waals surface area contributed by atoms with Gasteiger partial charge in [0.05, 0.1) is 5.75 Å². The number of unbranched alkanes of at least 4 members (excludes halogenated alkanes) is 1. The van der Waals surface area contributed by atoms with Crippen molar-refractivity contribution in [2.45, 2.75) is 19.8 Å². The van der Waals surface area contributed by atoms with Gasteiger partial charge in [-0.1, -0.05) is 47.5 Å². The Hall–Kier alpha value is -0.390. The summed E-state index contributed by atoms with van der Waals surface area (Å²) in [4.78, 5) is 0. The van der Waals surface area contributed by atoms with Crippen molar-refractivity contribution >= 4 is 26.0 Å². The van der Waals surface area contributed by atoms with Crippen LogP contribution in [0, 0.1) is 0 Å². The molecular formula is C10H15BrO3S. The van der Waals surface area contributed by atoms with Crippen LogP contribution in [0.15, 0.2) is 34.8 Å². The quantitative estimate of drug-likeness (QED) is 0.872. The van der Waals surface area contributed by atoms with Crippen molar-refractivity contribution in [1.82, 2.24) is 0 Å². The molecule has 86 valence electrons. The second-order valence-corrected chi connectivity index (χ2v) is 5.42. The van der Waals surface area contributed by atoms with E-state index in [1.165, 1.54) is 0 Å². The minimum Gasteiger partial charge on any atom is -0.286 e. The van der Waals surface area contributed by atoms with E-state index in [0.717, 1.165) is 10.9 Å². The van der Waals surface area contributed by atoms with Gasteiger partial charge in [0, 0.05) is 4.47 Å². The SMILES string of the molecule is Brc1ccccc1.CCCCS(=O)(=O)O. The molecule has 0 aliphatic rings. The molecule has 0 aliphatic heterocycles. The summed E-state index contributed by atoms with van der Waals surface area (Å²) in [5.41, 5.74) is 0. The molecule has 0 bridgehead atoms. The lowest BCUT2D eigenvalue weighted by Gasteiger charge is -1.90. The molecule has 0 heterocycles. The maximum absolute atomic E-state index is 9.95. The Morgan fingerprint density at radius 3 is 2.00 bits per heavy atom. The van der Waals surface area contributed by atoms with Gasteiger partial charge >= 0.3 is 0 Å². The molecule has 1 N–H and O–H groups in total. The van der Waals surface area contributed by atoms with Crippen LogP contribution in [0.1, 0.15) is 19.8 Å². The summed E-state index contributed by atoms with van der Waals surface area (Å²) in [6.45, 7) is 1.87. The van der Waals surface area contributed by atoms with E-state index in [-0.39, 0.29) is 5.75 Å². The molecule has 0 amide bonds. The number of rotatable bonds is 3. The van der Waals surface area contributed by atoms with Crippen molar-refractivity contribution in [2.24, 2.45) is 0 Å². The summed E-state index contributed by atoms with van der Waals surface area (Å²) >= 11 is 3.31. The first-order valence-electron chi connectivity index (χ1n) is 4.61. The maximum atomic E-state index is 9.95. The summed E-state index contributed by atoms with van der Waals surface area (Å²) in [6, 6.07) is 9.97. The van der Waals surface area contributed by atoms with Crippen LogP contribution in [0.3, 0.4) is 0 Å².